The third-order valence-electron chi connectivity index (χ3n) is 6.65. The number of aromatic amines is 1. The van der Waals surface area contributed by atoms with E-state index < -0.39 is 5.25 Å². The van der Waals surface area contributed by atoms with E-state index in [0.717, 1.165) is 28.8 Å². The molecule has 1 saturated heterocycles. The highest BCUT2D eigenvalue weighted by Crippen LogP contribution is 2.45. The Morgan fingerprint density at radius 1 is 1.26 bits per heavy atom. The fourth-order valence-corrected chi connectivity index (χ4v) is 6.30. The number of hydrogen-bond acceptors (Lipinski definition) is 5. The van der Waals surface area contributed by atoms with Crippen LogP contribution in [0.15, 0.2) is 44.9 Å². The van der Waals surface area contributed by atoms with Gasteiger partial charge in [0.1, 0.15) is 0 Å². The van der Waals surface area contributed by atoms with Gasteiger partial charge in [0.2, 0.25) is 0 Å². The number of ether oxygens (including phenoxy) is 1. The average molecular weight is 481 g/mol. The monoisotopic (exact) mass is 480 g/mol. The smallest absolute Gasteiger partial charge is 0.271 e. The van der Waals surface area contributed by atoms with Crippen molar-refractivity contribution in [1.29, 1.82) is 0 Å². The third kappa shape index (κ3) is 4.07. The first-order valence-corrected chi connectivity index (χ1v) is 12.9. The Kier molecular flexibility index (Phi) is 5.84. The van der Waals surface area contributed by atoms with E-state index >= 15 is 0 Å². The molecule has 0 bridgehead atoms. The number of H-pyrrole nitrogens is 1. The molecule has 3 aromatic rings. The van der Waals surface area contributed by atoms with Crippen LogP contribution in [-0.2, 0) is 11.3 Å². The number of para-hydroxylation sites is 1. The van der Waals surface area contributed by atoms with E-state index in [4.69, 9.17) is 9.73 Å². The van der Waals surface area contributed by atoms with E-state index in [9.17, 15) is 9.59 Å². The minimum Gasteiger partial charge on any atom is -0.375 e. The summed E-state index contributed by atoms with van der Waals surface area (Å²) in [5.74, 6) is 0.965. The Labute approximate surface area is 203 Å². The van der Waals surface area contributed by atoms with Gasteiger partial charge in [-0.05, 0) is 57.0 Å². The summed E-state index contributed by atoms with van der Waals surface area (Å²) in [7, 11) is 0. The molecule has 2 atom stereocenters. The predicted octanol–water partition coefficient (Wildman–Crippen LogP) is 5.16. The lowest BCUT2D eigenvalue weighted by molar-refractivity contribution is -0.0705. The zero-order valence-electron chi connectivity index (χ0n) is 20.4. The molecule has 0 saturated carbocycles. The van der Waals surface area contributed by atoms with Crippen molar-refractivity contribution in [2.24, 2.45) is 10.9 Å². The number of hydrogen-bond donors (Lipinski definition) is 1. The number of aromatic nitrogens is 3. The van der Waals surface area contributed by atoms with Crippen molar-refractivity contribution in [2.45, 2.75) is 70.9 Å². The lowest BCUT2D eigenvalue weighted by Gasteiger charge is -2.36. The number of fused-ring (bicyclic) bond motifs is 2. The molecule has 4 heterocycles. The summed E-state index contributed by atoms with van der Waals surface area (Å²) < 4.78 is 9.68. The van der Waals surface area contributed by atoms with Crippen LogP contribution in [0.2, 0.25) is 0 Å². The number of nitrogens with one attached hydrogen (secondary N) is 1. The molecule has 2 aliphatic heterocycles. The molecule has 0 radical (unpaired) electrons. The van der Waals surface area contributed by atoms with Crippen LogP contribution >= 0.6 is 11.8 Å². The quantitative estimate of drug-likeness (QED) is 0.559. The van der Waals surface area contributed by atoms with Crippen molar-refractivity contribution < 1.29 is 4.74 Å². The number of aliphatic imine (C=N–C) groups is 1. The maximum Gasteiger partial charge on any atom is 0.271 e. The summed E-state index contributed by atoms with van der Waals surface area (Å²) in [6.07, 6.45) is 1.59. The molecule has 1 aromatic carbocycles. The van der Waals surface area contributed by atoms with Crippen molar-refractivity contribution in [3.05, 3.63) is 62.2 Å². The summed E-state index contributed by atoms with van der Waals surface area (Å²) in [5.41, 5.74) is 1.66. The maximum absolute atomic E-state index is 13.8. The van der Waals surface area contributed by atoms with Gasteiger partial charge in [-0.1, -0.05) is 43.8 Å². The molecule has 0 spiro atoms. The van der Waals surface area contributed by atoms with Gasteiger partial charge in [0.05, 0.1) is 33.0 Å². The largest absolute Gasteiger partial charge is 0.375 e. The van der Waals surface area contributed by atoms with Crippen LogP contribution in [0.1, 0.15) is 69.9 Å². The van der Waals surface area contributed by atoms with Crippen molar-refractivity contribution in [1.82, 2.24) is 14.3 Å². The van der Waals surface area contributed by atoms with Gasteiger partial charge in [0.25, 0.3) is 11.1 Å². The first kappa shape index (κ1) is 23.2. The van der Waals surface area contributed by atoms with Crippen molar-refractivity contribution >= 4 is 33.5 Å². The van der Waals surface area contributed by atoms with E-state index in [1.165, 1.54) is 11.8 Å². The molecule has 5 rings (SSSR count). The lowest BCUT2D eigenvalue weighted by atomic mass is 9.94. The highest BCUT2D eigenvalue weighted by atomic mass is 32.2. The van der Waals surface area contributed by atoms with E-state index in [1.54, 1.807) is 0 Å². The number of rotatable bonds is 4. The fraction of sp³-hybridized carbons (Fsp3) is 0.500. The summed E-state index contributed by atoms with van der Waals surface area (Å²) >= 11 is 1.49. The highest BCUT2D eigenvalue weighted by Gasteiger charge is 2.37. The number of thioether (sulfide) groups is 1. The molecule has 7 nitrogen and oxygen atoms in total. The van der Waals surface area contributed by atoms with Gasteiger partial charge in [0.15, 0.2) is 5.82 Å². The van der Waals surface area contributed by atoms with Gasteiger partial charge in [-0.25, -0.2) is 4.99 Å². The number of benzene rings is 1. The minimum atomic E-state index is -0.402. The van der Waals surface area contributed by atoms with Crippen LogP contribution in [0.25, 0.3) is 10.9 Å². The predicted molar refractivity (Wildman–Crippen MR) is 139 cm³/mol. The molecular weight excluding hydrogens is 448 g/mol. The highest BCUT2D eigenvalue weighted by molar-refractivity contribution is 8.14. The van der Waals surface area contributed by atoms with Crippen molar-refractivity contribution in [2.75, 3.05) is 6.61 Å². The number of pyridine rings is 1. The van der Waals surface area contributed by atoms with Gasteiger partial charge >= 0.3 is 0 Å². The Balaban J connectivity index is 1.68. The Morgan fingerprint density at radius 2 is 2.03 bits per heavy atom. The summed E-state index contributed by atoms with van der Waals surface area (Å²) in [6.45, 7) is 11.6. The summed E-state index contributed by atoms with van der Waals surface area (Å²) in [4.78, 5) is 31.9. The first-order valence-electron chi connectivity index (χ1n) is 12.0. The lowest BCUT2D eigenvalue weighted by Crippen LogP contribution is -2.35. The van der Waals surface area contributed by atoms with Crippen LogP contribution < -0.4 is 11.1 Å². The SMILES string of the molecule is CC1=Nc2c(c(=O)[nH]n2[C@@H]2CCOC(C)(C)C2)[C@@H](c2cc3ccccc3n(CC(C)C)c2=O)S1. The Hall–Kier alpha value is -2.58. The van der Waals surface area contributed by atoms with E-state index in [-0.39, 0.29) is 22.8 Å². The topological polar surface area (TPSA) is 81.4 Å². The first-order chi connectivity index (χ1) is 16.1. The third-order valence-corrected chi connectivity index (χ3v) is 7.80. The van der Waals surface area contributed by atoms with Crippen LogP contribution in [0.3, 0.4) is 0 Å². The molecule has 0 amide bonds. The van der Waals surface area contributed by atoms with Crippen molar-refractivity contribution in [3.8, 4) is 0 Å². The van der Waals surface area contributed by atoms with Gasteiger partial charge < -0.3 is 9.30 Å². The average Bonchev–Trinajstić information content (AvgIpc) is 3.10. The van der Waals surface area contributed by atoms with Crippen LogP contribution in [-0.4, -0.2) is 31.6 Å². The molecule has 1 N–H and O–H groups in total. The second-order valence-electron chi connectivity index (χ2n) is 10.4. The van der Waals surface area contributed by atoms with Gasteiger partial charge in [-0.15, -0.1) is 0 Å². The molecule has 1 fully saturated rings. The van der Waals surface area contributed by atoms with Gasteiger partial charge in [-0.2, -0.15) is 0 Å². The molecule has 2 aliphatic rings. The maximum atomic E-state index is 13.8. The second-order valence-corrected chi connectivity index (χ2v) is 11.7. The molecule has 0 aliphatic carbocycles. The normalized spacial score (nSPS) is 22.1. The van der Waals surface area contributed by atoms with Crippen molar-refractivity contribution in [3.63, 3.8) is 0 Å². The minimum absolute atomic E-state index is 0.0371. The summed E-state index contributed by atoms with van der Waals surface area (Å²) in [6, 6.07) is 10.0. The van der Waals surface area contributed by atoms with Crippen LogP contribution in [0.4, 0.5) is 5.82 Å². The zero-order valence-corrected chi connectivity index (χ0v) is 21.2. The van der Waals surface area contributed by atoms with Gasteiger partial charge in [0, 0.05) is 18.7 Å². The zero-order chi connectivity index (χ0) is 24.2. The molecule has 0 unspecified atom stereocenters. The number of nitrogens with zero attached hydrogens (tertiary/aromatic N) is 3. The van der Waals surface area contributed by atoms with E-state index in [0.29, 0.717) is 36.0 Å². The Morgan fingerprint density at radius 3 is 2.76 bits per heavy atom. The van der Waals surface area contributed by atoms with Crippen LogP contribution in [0.5, 0.6) is 0 Å². The molecule has 34 heavy (non-hydrogen) atoms. The molecule has 2 aromatic heterocycles. The second kappa shape index (κ2) is 8.57. The fourth-order valence-electron chi connectivity index (χ4n) is 5.20. The Bertz CT molecular complexity index is 1400. The summed E-state index contributed by atoms with van der Waals surface area (Å²) in [5, 5.41) is 4.51. The van der Waals surface area contributed by atoms with E-state index in [2.05, 4.69) is 32.8 Å². The standard InChI is InChI=1S/C26H32N4O3S/c1-15(2)14-29-20-9-7-6-8-17(20)12-19(25(29)32)22-21-23(27-16(3)34-22)30(28-24(21)31)18-10-11-33-26(4,5)13-18/h6-9,12,15,18,22H,10-11,13-14H2,1-5H3,(H,28,31)/t18-,22-/m1/s1. The molecular formula is C26H32N4O3S. The van der Waals surface area contributed by atoms with Gasteiger partial charge in [-0.3, -0.25) is 19.4 Å². The van der Waals surface area contributed by atoms with Crippen LogP contribution in [0, 0.1) is 5.92 Å². The molecule has 180 valence electrons. The molecule has 8 heteroatoms. The van der Waals surface area contributed by atoms with E-state index in [1.807, 2.05) is 46.5 Å².